The molecule has 2 heterocycles. The van der Waals surface area contributed by atoms with Gasteiger partial charge >= 0.3 is 0 Å². The van der Waals surface area contributed by atoms with Crippen LogP contribution in [0.3, 0.4) is 0 Å². The molecular formula is C13H13N3O2. The molecule has 0 bridgehead atoms. The number of hydrogen-bond donors (Lipinski definition) is 2. The van der Waals surface area contributed by atoms with E-state index in [1.165, 1.54) is 5.56 Å². The summed E-state index contributed by atoms with van der Waals surface area (Å²) in [5, 5.41) is 9.68. The Labute approximate surface area is 104 Å². The zero-order valence-electron chi connectivity index (χ0n) is 9.99. The van der Waals surface area contributed by atoms with Gasteiger partial charge in [0.1, 0.15) is 5.76 Å². The first-order chi connectivity index (χ1) is 8.72. The molecule has 2 N–H and O–H groups in total. The average molecular weight is 243 g/mol. The molecule has 92 valence electrons. The van der Waals surface area contributed by atoms with Gasteiger partial charge in [-0.15, -0.1) is 0 Å². The predicted octanol–water partition coefficient (Wildman–Crippen LogP) is 2.20. The number of aryl methyl sites for hydroxylation is 1. The largest absolute Gasteiger partial charge is 0.384 e. The van der Waals surface area contributed by atoms with Gasteiger partial charge in [-0.25, -0.2) is 0 Å². The fourth-order valence-electron chi connectivity index (χ4n) is 2.05. The Morgan fingerprint density at radius 1 is 1.44 bits per heavy atom. The number of carbonyl (C=O) groups is 1. The first-order valence-corrected chi connectivity index (χ1v) is 5.84. The highest BCUT2D eigenvalue weighted by Gasteiger charge is 2.14. The van der Waals surface area contributed by atoms with Crippen LogP contribution >= 0.6 is 0 Å². The lowest BCUT2D eigenvalue weighted by molar-refractivity contribution is 0.102. The maximum Gasteiger partial charge on any atom is 0.256 e. The van der Waals surface area contributed by atoms with Crippen molar-refractivity contribution < 1.29 is 9.32 Å². The van der Waals surface area contributed by atoms with E-state index in [4.69, 9.17) is 4.52 Å². The highest BCUT2D eigenvalue weighted by molar-refractivity contribution is 6.04. The Balaban J connectivity index is 1.80. The van der Waals surface area contributed by atoms with Crippen LogP contribution in [0.25, 0.3) is 0 Å². The molecule has 0 spiro atoms. The number of benzene rings is 1. The second-order valence-corrected chi connectivity index (χ2v) is 4.33. The Bertz CT molecular complexity index is 604. The van der Waals surface area contributed by atoms with E-state index in [2.05, 4.69) is 15.8 Å². The van der Waals surface area contributed by atoms with Crippen molar-refractivity contribution in [3.63, 3.8) is 0 Å². The van der Waals surface area contributed by atoms with Crippen LogP contribution in [0.15, 0.2) is 28.8 Å². The molecule has 1 aliphatic rings. The van der Waals surface area contributed by atoms with Gasteiger partial charge in [0.25, 0.3) is 5.91 Å². The van der Waals surface area contributed by atoms with Crippen molar-refractivity contribution in [2.45, 2.75) is 13.3 Å². The highest BCUT2D eigenvalue weighted by atomic mass is 16.5. The number of anilines is 2. The number of rotatable bonds is 2. The molecule has 1 amide bonds. The SMILES string of the molecule is Cc1cc(NC(=O)c2ccc3c(c2)NCC3)no1. The van der Waals surface area contributed by atoms with Crippen LogP contribution in [0, 0.1) is 6.92 Å². The Morgan fingerprint density at radius 2 is 2.33 bits per heavy atom. The van der Waals surface area contributed by atoms with Crippen molar-refractivity contribution in [2.75, 3.05) is 17.2 Å². The number of nitrogens with zero attached hydrogens (tertiary/aromatic N) is 1. The normalized spacial score (nSPS) is 12.9. The molecule has 1 aliphatic heterocycles. The average Bonchev–Trinajstić information content (AvgIpc) is 2.96. The first kappa shape index (κ1) is 10.8. The summed E-state index contributed by atoms with van der Waals surface area (Å²) >= 11 is 0. The number of hydrogen-bond acceptors (Lipinski definition) is 4. The molecule has 18 heavy (non-hydrogen) atoms. The molecule has 2 aromatic rings. The standard InChI is InChI=1S/C13H13N3O2/c1-8-6-12(16-18-8)15-13(17)10-3-2-9-4-5-14-11(9)7-10/h2-3,6-7,14H,4-5H2,1H3,(H,15,16,17). The van der Waals surface area contributed by atoms with E-state index >= 15 is 0 Å². The van der Waals surface area contributed by atoms with Crippen LogP contribution in [0.4, 0.5) is 11.5 Å². The molecule has 0 saturated carbocycles. The summed E-state index contributed by atoms with van der Waals surface area (Å²) in [6, 6.07) is 7.36. The summed E-state index contributed by atoms with van der Waals surface area (Å²) in [6.45, 7) is 2.71. The maximum absolute atomic E-state index is 12.0. The van der Waals surface area contributed by atoms with Gasteiger partial charge in [-0.2, -0.15) is 0 Å². The lowest BCUT2D eigenvalue weighted by Gasteiger charge is -2.04. The van der Waals surface area contributed by atoms with Crippen LogP contribution in [0.1, 0.15) is 21.7 Å². The number of carbonyl (C=O) groups excluding carboxylic acids is 1. The fraction of sp³-hybridized carbons (Fsp3) is 0.231. The predicted molar refractivity (Wildman–Crippen MR) is 67.8 cm³/mol. The van der Waals surface area contributed by atoms with Gasteiger partial charge in [0.15, 0.2) is 5.82 Å². The molecule has 1 aromatic carbocycles. The summed E-state index contributed by atoms with van der Waals surface area (Å²) < 4.78 is 4.90. The van der Waals surface area contributed by atoms with E-state index in [0.29, 0.717) is 17.1 Å². The van der Waals surface area contributed by atoms with Crippen LogP contribution in [-0.4, -0.2) is 17.6 Å². The maximum atomic E-state index is 12.0. The summed E-state index contributed by atoms with van der Waals surface area (Å²) in [7, 11) is 0. The molecule has 0 radical (unpaired) electrons. The summed E-state index contributed by atoms with van der Waals surface area (Å²) in [5.41, 5.74) is 2.91. The summed E-state index contributed by atoms with van der Waals surface area (Å²) in [5.74, 6) is 0.923. The van der Waals surface area contributed by atoms with E-state index < -0.39 is 0 Å². The van der Waals surface area contributed by atoms with Crippen molar-refractivity contribution in [2.24, 2.45) is 0 Å². The summed E-state index contributed by atoms with van der Waals surface area (Å²) in [4.78, 5) is 12.0. The Hall–Kier alpha value is -2.30. The molecule has 0 saturated heterocycles. The van der Waals surface area contributed by atoms with Crippen LogP contribution < -0.4 is 10.6 Å². The molecule has 5 heteroatoms. The van der Waals surface area contributed by atoms with Crippen molar-refractivity contribution in [1.29, 1.82) is 0 Å². The van der Waals surface area contributed by atoms with Gasteiger partial charge in [0, 0.05) is 23.9 Å². The van der Waals surface area contributed by atoms with Crippen LogP contribution in [-0.2, 0) is 6.42 Å². The van der Waals surface area contributed by atoms with Crippen LogP contribution in [0.5, 0.6) is 0 Å². The van der Waals surface area contributed by atoms with E-state index in [9.17, 15) is 4.79 Å². The van der Waals surface area contributed by atoms with Crippen molar-refractivity contribution in [3.05, 3.63) is 41.2 Å². The molecule has 0 atom stereocenters. The monoisotopic (exact) mass is 243 g/mol. The van der Waals surface area contributed by atoms with Gasteiger partial charge < -0.3 is 15.2 Å². The van der Waals surface area contributed by atoms with E-state index in [1.807, 2.05) is 18.2 Å². The summed E-state index contributed by atoms with van der Waals surface area (Å²) in [6.07, 6.45) is 1.01. The lowest BCUT2D eigenvalue weighted by atomic mass is 10.1. The Morgan fingerprint density at radius 3 is 3.11 bits per heavy atom. The topological polar surface area (TPSA) is 67.2 Å². The number of fused-ring (bicyclic) bond motifs is 1. The molecule has 3 rings (SSSR count). The minimum absolute atomic E-state index is 0.181. The van der Waals surface area contributed by atoms with E-state index in [0.717, 1.165) is 18.7 Å². The second kappa shape index (κ2) is 4.18. The third-order valence-corrected chi connectivity index (χ3v) is 2.95. The zero-order chi connectivity index (χ0) is 12.5. The molecule has 0 fully saturated rings. The van der Waals surface area contributed by atoms with Gasteiger partial charge in [0.2, 0.25) is 0 Å². The van der Waals surface area contributed by atoms with Gasteiger partial charge in [-0.05, 0) is 31.0 Å². The minimum atomic E-state index is -0.181. The molecule has 1 aromatic heterocycles. The molecule has 0 aliphatic carbocycles. The van der Waals surface area contributed by atoms with E-state index in [1.54, 1.807) is 13.0 Å². The number of nitrogens with one attached hydrogen (secondary N) is 2. The fourth-order valence-corrected chi connectivity index (χ4v) is 2.05. The molecule has 0 unspecified atom stereocenters. The smallest absolute Gasteiger partial charge is 0.256 e. The van der Waals surface area contributed by atoms with Crippen molar-refractivity contribution >= 4 is 17.4 Å². The molecular weight excluding hydrogens is 230 g/mol. The zero-order valence-corrected chi connectivity index (χ0v) is 9.99. The van der Waals surface area contributed by atoms with E-state index in [-0.39, 0.29) is 5.91 Å². The van der Waals surface area contributed by atoms with Crippen LogP contribution in [0.2, 0.25) is 0 Å². The van der Waals surface area contributed by atoms with Gasteiger partial charge in [-0.1, -0.05) is 11.2 Å². The van der Waals surface area contributed by atoms with Gasteiger partial charge in [0.05, 0.1) is 0 Å². The first-order valence-electron chi connectivity index (χ1n) is 5.84. The highest BCUT2D eigenvalue weighted by Crippen LogP contribution is 2.23. The third-order valence-electron chi connectivity index (χ3n) is 2.95. The number of aromatic nitrogens is 1. The number of amides is 1. The lowest BCUT2D eigenvalue weighted by Crippen LogP contribution is -2.12. The second-order valence-electron chi connectivity index (χ2n) is 4.33. The quantitative estimate of drug-likeness (QED) is 0.848. The molecule has 5 nitrogen and oxygen atoms in total. The van der Waals surface area contributed by atoms with Crippen molar-refractivity contribution in [1.82, 2.24) is 5.16 Å². The van der Waals surface area contributed by atoms with Crippen molar-refractivity contribution in [3.8, 4) is 0 Å². The van der Waals surface area contributed by atoms with Gasteiger partial charge in [-0.3, -0.25) is 4.79 Å². The Kier molecular flexibility index (Phi) is 2.51. The third kappa shape index (κ3) is 1.95. The minimum Gasteiger partial charge on any atom is -0.384 e.